The average Bonchev–Trinajstić information content (AvgIpc) is 3.19. The first kappa shape index (κ1) is 54.6. The predicted molar refractivity (Wildman–Crippen MR) is 229 cm³/mol. The lowest BCUT2D eigenvalue weighted by atomic mass is 10.0. The predicted octanol–water partition coefficient (Wildman–Crippen LogP) is 8.66. The van der Waals surface area contributed by atoms with Crippen molar-refractivity contribution in [1.82, 2.24) is 0 Å². The van der Waals surface area contributed by atoms with Crippen molar-refractivity contribution in [2.24, 2.45) is 5.73 Å². The molecule has 0 fully saturated rings. The van der Waals surface area contributed by atoms with E-state index in [1.165, 1.54) is 19.3 Å². The topological polar surface area (TPSA) is 212 Å². The van der Waals surface area contributed by atoms with E-state index >= 15 is 0 Å². The molecule has 58 heavy (non-hydrogen) atoms. The van der Waals surface area contributed by atoms with Gasteiger partial charge in [-0.2, -0.15) is 0 Å². The molecular formula is C44H72NO12P. The monoisotopic (exact) mass is 837 g/mol. The zero-order valence-electron chi connectivity index (χ0n) is 34.8. The Bertz CT molecular complexity index is 1340. The molecule has 330 valence electrons. The Hall–Kier alpha value is -3.42. The second kappa shape index (κ2) is 37.8. The van der Waals surface area contributed by atoms with Crippen molar-refractivity contribution in [3.8, 4) is 0 Å². The fourth-order valence-electron chi connectivity index (χ4n) is 4.92. The fourth-order valence-corrected chi connectivity index (χ4v) is 5.70. The molecule has 0 aromatic heterocycles. The number of hydrogen-bond donors (Lipinski definition) is 5. The molecule has 0 aliphatic carbocycles. The van der Waals surface area contributed by atoms with Crippen molar-refractivity contribution in [2.75, 3.05) is 19.8 Å². The third kappa shape index (κ3) is 35.7. The van der Waals surface area contributed by atoms with Crippen LogP contribution in [-0.4, -0.2) is 82.3 Å². The van der Waals surface area contributed by atoms with E-state index in [1.54, 1.807) is 6.08 Å². The number of rotatable bonds is 37. The summed E-state index contributed by atoms with van der Waals surface area (Å²) in [4.78, 5) is 45.9. The normalized spacial score (nSPS) is 15.7. The number of unbranched alkanes of at least 4 members (excludes halogenated alkanes) is 5. The van der Waals surface area contributed by atoms with E-state index in [9.17, 15) is 34.1 Å². The third-order valence-electron chi connectivity index (χ3n) is 8.33. The Morgan fingerprint density at radius 3 is 1.67 bits per heavy atom. The number of aliphatic hydroxyl groups is 2. The summed E-state index contributed by atoms with van der Waals surface area (Å²) in [5, 5.41) is 29.6. The number of phosphoric acid groups is 1. The Morgan fingerprint density at radius 2 is 1.12 bits per heavy atom. The van der Waals surface area contributed by atoms with Crippen LogP contribution in [0.15, 0.2) is 85.1 Å². The Balaban J connectivity index is 4.73. The molecule has 0 heterocycles. The van der Waals surface area contributed by atoms with Gasteiger partial charge < -0.3 is 35.4 Å². The Morgan fingerprint density at radius 1 is 0.621 bits per heavy atom. The van der Waals surface area contributed by atoms with Gasteiger partial charge in [0, 0.05) is 12.8 Å². The molecule has 14 heteroatoms. The maximum Gasteiger partial charge on any atom is 0.472 e. The Kier molecular flexibility index (Phi) is 35.6. The number of aliphatic carboxylic acids is 1. The largest absolute Gasteiger partial charge is 0.480 e. The van der Waals surface area contributed by atoms with Crippen molar-refractivity contribution >= 4 is 25.7 Å². The van der Waals surface area contributed by atoms with Crippen LogP contribution >= 0.6 is 7.82 Å². The number of esters is 2. The zero-order valence-corrected chi connectivity index (χ0v) is 35.7. The molecule has 3 unspecified atom stereocenters. The minimum atomic E-state index is -4.81. The van der Waals surface area contributed by atoms with Gasteiger partial charge in [0.2, 0.25) is 0 Å². The van der Waals surface area contributed by atoms with Crippen LogP contribution in [0.2, 0.25) is 0 Å². The van der Waals surface area contributed by atoms with Crippen molar-refractivity contribution < 1.29 is 57.7 Å². The zero-order chi connectivity index (χ0) is 43.1. The van der Waals surface area contributed by atoms with E-state index in [0.717, 1.165) is 51.4 Å². The maximum absolute atomic E-state index is 12.6. The molecule has 0 aromatic carbocycles. The van der Waals surface area contributed by atoms with Crippen molar-refractivity contribution in [1.29, 1.82) is 0 Å². The molecule has 5 atom stereocenters. The van der Waals surface area contributed by atoms with Gasteiger partial charge in [-0.1, -0.05) is 112 Å². The van der Waals surface area contributed by atoms with E-state index < -0.39 is 69.9 Å². The van der Waals surface area contributed by atoms with Gasteiger partial charge in [0.25, 0.3) is 0 Å². The summed E-state index contributed by atoms with van der Waals surface area (Å²) in [5.74, 6) is -2.77. The third-order valence-corrected chi connectivity index (χ3v) is 9.28. The molecule has 6 N–H and O–H groups in total. The second-order valence-corrected chi connectivity index (χ2v) is 15.1. The van der Waals surface area contributed by atoms with Gasteiger partial charge in [-0.05, 0) is 89.9 Å². The highest BCUT2D eigenvalue weighted by atomic mass is 31.2. The van der Waals surface area contributed by atoms with Crippen LogP contribution in [0.25, 0.3) is 0 Å². The fraction of sp³-hybridized carbons (Fsp3) is 0.614. The lowest BCUT2D eigenvalue weighted by molar-refractivity contribution is -0.161. The molecule has 0 amide bonds. The van der Waals surface area contributed by atoms with Crippen LogP contribution < -0.4 is 5.73 Å². The summed E-state index contributed by atoms with van der Waals surface area (Å²) in [6.07, 6.45) is 38.3. The smallest absolute Gasteiger partial charge is 0.472 e. The Labute approximate surface area is 347 Å². The lowest BCUT2D eigenvalue weighted by Gasteiger charge is -2.20. The van der Waals surface area contributed by atoms with Crippen molar-refractivity contribution in [2.45, 2.75) is 154 Å². The van der Waals surface area contributed by atoms with Crippen LogP contribution in [-0.2, 0) is 37.5 Å². The van der Waals surface area contributed by atoms with Gasteiger partial charge in [0.15, 0.2) is 6.10 Å². The average molecular weight is 838 g/mol. The van der Waals surface area contributed by atoms with Crippen LogP contribution in [0.1, 0.15) is 129 Å². The van der Waals surface area contributed by atoms with Gasteiger partial charge >= 0.3 is 25.7 Å². The molecule has 0 aliphatic rings. The summed E-state index contributed by atoms with van der Waals surface area (Å²) < 4.78 is 32.4. The molecule has 0 aliphatic heterocycles. The number of hydrogen-bond acceptors (Lipinski definition) is 11. The van der Waals surface area contributed by atoms with Gasteiger partial charge in [0.05, 0.1) is 25.4 Å². The number of ether oxygens (including phenoxy) is 2. The van der Waals surface area contributed by atoms with Crippen LogP contribution in [0, 0.1) is 0 Å². The minimum absolute atomic E-state index is 0.104. The summed E-state index contributed by atoms with van der Waals surface area (Å²) in [5.41, 5.74) is 5.31. The molecule has 0 radical (unpaired) electrons. The van der Waals surface area contributed by atoms with Gasteiger partial charge in [-0.15, -0.1) is 0 Å². The summed E-state index contributed by atoms with van der Waals surface area (Å²) in [6.45, 7) is 2.29. The molecule has 13 nitrogen and oxygen atoms in total. The first-order valence-corrected chi connectivity index (χ1v) is 22.3. The first-order valence-electron chi connectivity index (χ1n) is 20.8. The van der Waals surface area contributed by atoms with Crippen molar-refractivity contribution in [3.63, 3.8) is 0 Å². The summed E-state index contributed by atoms with van der Waals surface area (Å²) >= 11 is 0. The standard InChI is InChI=1S/C44H72NO12P/c1-3-5-7-9-11-13-15-17-18-19-21-23-25-27-29-33-42(48)54-35-38(36-55-58(52,53)56-37-39(45)44(50)51)57-43(49)34-30-32-41(47)40(46)31-28-26-24-22-20-16-14-12-10-8-6-4-2/h5,7,11-14,17-18,20-23,26,28,38-41,46-47H,3-4,6,8-10,15-16,19,24-25,27,29-37,45H2,1-2H3,(H,50,51)(H,52,53)/b7-5-,13-11-,14-12-,18-17-,22-20-,23-21-,28-26-/t38-,39+,40?,41?/m1/s1. The molecule has 0 spiro atoms. The maximum atomic E-state index is 12.6. The van der Waals surface area contributed by atoms with Gasteiger partial charge in [-0.3, -0.25) is 23.4 Å². The number of carboxylic acids is 1. The quantitative estimate of drug-likeness (QED) is 0.0172. The van der Waals surface area contributed by atoms with E-state index in [1.807, 2.05) is 12.2 Å². The highest BCUT2D eigenvalue weighted by Gasteiger charge is 2.28. The van der Waals surface area contributed by atoms with Gasteiger partial charge in [-0.25, -0.2) is 4.57 Å². The summed E-state index contributed by atoms with van der Waals surface area (Å²) in [6, 6.07) is -1.58. The van der Waals surface area contributed by atoms with E-state index in [4.69, 9.17) is 24.8 Å². The highest BCUT2D eigenvalue weighted by molar-refractivity contribution is 7.47. The van der Waals surface area contributed by atoms with Gasteiger partial charge in [0.1, 0.15) is 12.6 Å². The minimum Gasteiger partial charge on any atom is -0.480 e. The molecular weight excluding hydrogens is 765 g/mol. The molecule has 0 rings (SSSR count). The van der Waals surface area contributed by atoms with E-state index in [0.29, 0.717) is 12.8 Å². The van der Waals surface area contributed by atoms with E-state index in [-0.39, 0.29) is 32.1 Å². The number of phosphoric ester groups is 1. The summed E-state index contributed by atoms with van der Waals surface area (Å²) in [7, 11) is -4.81. The number of allylic oxidation sites excluding steroid dienone is 13. The number of carboxylic acid groups (broad SMARTS) is 1. The molecule has 0 aromatic rings. The second-order valence-electron chi connectivity index (χ2n) is 13.7. The number of carbonyl (C=O) groups is 3. The van der Waals surface area contributed by atoms with Crippen LogP contribution in [0.3, 0.4) is 0 Å². The molecule has 0 bridgehead atoms. The number of aliphatic hydroxyl groups excluding tert-OH is 2. The number of carbonyl (C=O) groups excluding carboxylic acids is 2. The molecule has 0 saturated carbocycles. The highest BCUT2D eigenvalue weighted by Crippen LogP contribution is 2.43. The SMILES string of the molecule is CC/C=C\C/C=C\C/C=C\C/C=C\CCCCC(=O)OC[C@H](COP(=O)(O)OC[C@H](N)C(=O)O)OC(=O)CCCC(O)C(O)C/C=C\C/C=C\C/C=C\CCCCC. The number of nitrogens with two attached hydrogens (primary N) is 1. The van der Waals surface area contributed by atoms with E-state index in [2.05, 4.69) is 85.2 Å². The lowest BCUT2D eigenvalue weighted by Crippen LogP contribution is -2.34. The van der Waals surface area contributed by atoms with Crippen LogP contribution in [0.5, 0.6) is 0 Å². The molecule has 0 saturated heterocycles. The first-order chi connectivity index (χ1) is 27.9. The van der Waals surface area contributed by atoms with Crippen LogP contribution in [0.4, 0.5) is 0 Å². The van der Waals surface area contributed by atoms with Crippen molar-refractivity contribution in [3.05, 3.63) is 85.1 Å².